The summed E-state index contributed by atoms with van der Waals surface area (Å²) in [6.45, 7) is 58.9. The van der Waals surface area contributed by atoms with E-state index in [4.69, 9.17) is 0 Å². The molecule has 0 heterocycles. The first kappa shape index (κ1) is 74.0. The van der Waals surface area contributed by atoms with E-state index >= 15 is 0 Å². The van der Waals surface area contributed by atoms with Crippen LogP contribution in [0.5, 0.6) is 0 Å². The van der Waals surface area contributed by atoms with Gasteiger partial charge in [0.1, 0.15) is 0 Å². The van der Waals surface area contributed by atoms with E-state index in [1.54, 1.807) is 0 Å². The Bertz CT molecular complexity index is 2610. The van der Waals surface area contributed by atoms with Gasteiger partial charge in [-0.15, -0.1) is 0 Å². The molecule has 0 radical (unpaired) electrons. The molecule has 12 aliphatic rings. The Morgan fingerprint density at radius 2 is 0.559 bits per heavy atom. The first-order chi connectivity index (χ1) is 43.1. The van der Waals surface area contributed by atoms with Crippen LogP contribution >= 0.6 is 0 Å². The van der Waals surface area contributed by atoms with E-state index in [-0.39, 0.29) is 34.6 Å². The molecule has 21 atom stereocenters. The molecule has 3 heteroatoms. The third-order valence-corrected chi connectivity index (χ3v) is 35.0. The van der Waals surface area contributed by atoms with Gasteiger partial charge in [-0.05, 0) is 352 Å². The fourth-order valence-corrected chi connectivity index (χ4v) is 28.4. The number of hydrogen-bond donors (Lipinski definition) is 3. The molecule has 93 heavy (non-hydrogen) atoms. The number of aliphatic hydroxyl groups excluding tert-OH is 3. The molecule has 12 aliphatic carbocycles. The number of allylic oxidation sites excluding steroid dienone is 12. The number of hydrogen-bond acceptors (Lipinski definition) is 3. The van der Waals surface area contributed by atoms with Gasteiger partial charge in [-0.25, -0.2) is 0 Å². The van der Waals surface area contributed by atoms with Gasteiger partial charge in [-0.1, -0.05) is 193 Å². The van der Waals surface area contributed by atoms with E-state index < -0.39 is 0 Å². The van der Waals surface area contributed by atoms with Crippen LogP contribution in [0.3, 0.4) is 0 Å². The molecule has 12 rings (SSSR count). The largest absolute Gasteiger partial charge is 0.393 e. The summed E-state index contributed by atoms with van der Waals surface area (Å²) in [7, 11) is 0. The molecule has 0 bridgehead atoms. The van der Waals surface area contributed by atoms with Crippen molar-refractivity contribution in [3.05, 3.63) is 68.4 Å². The topological polar surface area (TPSA) is 60.7 Å². The van der Waals surface area contributed by atoms with Gasteiger partial charge in [0.25, 0.3) is 0 Å². The molecule has 1 unspecified atom stereocenters. The van der Waals surface area contributed by atoms with Gasteiger partial charge in [-0.2, -0.15) is 0 Å². The summed E-state index contributed by atoms with van der Waals surface area (Å²) < 4.78 is 0. The van der Waals surface area contributed by atoms with Crippen LogP contribution in [0.15, 0.2) is 68.4 Å². The van der Waals surface area contributed by atoms with E-state index in [1.165, 1.54) is 190 Å². The molecule has 6 fully saturated rings. The standard InChI is InChI=1S/3C30H50O/c3*1-20(2)10-9-11-21(3)22-14-18-30(8)24-12-13-25-27(4,5)26(31)16-17-28(25,6)23(24)15-19-29(22,30)7/h3*10,21-22,25-26,31H,9,11-19H2,1-8H3/t21-,22-,25+,26?,28-,29-,30+;2*21-,22-,25+,26+,28-,29-,30+/m111/s1. The maximum atomic E-state index is 10.8. The van der Waals surface area contributed by atoms with Crippen LogP contribution in [0.1, 0.15) is 359 Å². The highest BCUT2D eigenvalue weighted by atomic mass is 16.3. The summed E-state index contributed by atoms with van der Waals surface area (Å²) in [5, 5.41) is 32.4. The number of fused-ring (bicyclic) bond motifs is 12. The molecule has 0 spiro atoms. The maximum absolute atomic E-state index is 10.8. The zero-order valence-corrected chi connectivity index (χ0v) is 65.7. The molecule has 0 aliphatic heterocycles. The molecule has 0 aromatic carbocycles. The third-order valence-electron chi connectivity index (χ3n) is 35.0. The van der Waals surface area contributed by atoms with Gasteiger partial charge < -0.3 is 15.3 Å². The van der Waals surface area contributed by atoms with Gasteiger partial charge in [0.2, 0.25) is 0 Å². The molecule has 528 valence electrons. The maximum Gasteiger partial charge on any atom is 0.0594 e. The van der Waals surface area contributed by atoms with E-state index in [2.05, 4.69) is 184 Å². The normalized spacial score (nSPS) is 44.9. The van der Waals surface area contributed by atoms with E-state index in [1.807, 2.05) is 33.4 Å². The molecule has 0 aromatic rings. The smallest absolute Gasteiger partial charge is 0.0594 e. The molecule has 3 N–H and O–H groups in total. The minimum Gasteiger partial charge on any atom is -0.393 e. The average molecular weight is 1280 g/mol. The molecule has 6 saturated carbocycles. The highest BCUT2D eigenvalue weighted by Crippen LogP contribution is 2.76. The Morgan fingerprint density at radius 1 is 0.323 bits per heavy atom. The second kappa shape index (κ2) is 26.0. The van der Waals surface area contributed by atoms with Gasteiger partial charge in [0.05, 0.1) is 18.3 Å². The van der Waals surface area contributed by atoms with Crippen molar-refractivity contribution in [2.45, 2.75) is 377 Å². The number of aliphatic hydroxyl groups is 3. The van der Waals surface area contributed by atoms with Crippen LogP contribution in [0, 0.1) is 118 Å². The third kappa shape index (κ3) is 11.8. The van der Waals surface area contributed by atoms with Gasteiger partial charge in [0, 0.05) is 0 Å². The molecule has 0 saturated heterocycles. The zero-order valence-electron chi connectivity index (χ0n) is 65.7. The lowest BCUT2D eigenvalue weighted by Crippen LogP contribution is -2.55. The summed E-state index contributed by atoms with van der Waals surface area (Å²) >= 11 is 0. The molecule has 0 aromatic heterocycles. The van der Waals surface area contributed by atoms with E-state index in [0.717, 1.165) is 54.8 Å². The first-order valence-corrected chi connectivity index (χ1v) is 40.3. The minimum absolute atomic E-state index is 0.0465. The fourth-order valence-electron chi connectivity index (χ4n) is 28.4. The second-order valence-corrected chi connectivity index (χ2v) is 40.7. The van der Waals surface area contributed by atoms with E-state index in [9.17, 15) is 15.3 Å². The molecule has 3 nitrogen and oxygen atoms in total. The predicted molar refractivity (Wildman–Crippen MR) is 399 cm³/mol. The lowest BCUT2D eigenvalue weighted by Gasteiger charge is -2.62. The predicted octanol–water partition coefficient (Wildman–Crippen LogP) is 25.4. The van der Waals surface area contributed by atoms with Crippen LogP contribution in [-0.2, 0) is 0 Å². The molecular weight excluding hydrogens is 1130 g/mol. The van der Waals surface area contributed by atoms with Gasteiger partial charge in [-0.3, -0.25) is 0 Å². The van der Waals surface area contributed by atoms with Gasteiger partial charge in [0.15, 0.2) is 0 Å². The fraction of sp³-hybridized carbons (Fsp3) is 0.867. The van der Waals surface area contributed by atoms with Crippen molar-refractivity contribution in [2.24, 2.45) is 118 Å². The van der Waals surface area contributed by atoms with Crippen molar-refractivity contribution in [3.8, 4) is 0 Å². The number of rotatable bonds is 12. The summed E-state index contributed by atoms with van der Waals surface area (Å²) in [6, 6.07) is 0. The molecular formula is C90H150O3. The van der Waals surface area contributed by atoms with Crippen LogP contribution < -0.4 is 0 Å². The summed E-state index contributed by atoms with van der Waals surface area (Å²) in [4.78, 5) is 0. The highest BCUT2D eigenvalue weighted by Gasteiger charge is 2.67. The SMILES string of the molecule is CC(C)=CCC[C@@H](C)[C@H]1CC[C@@]2(C)C3=C(CC[C@]12C)[C@@]1(C)CCC(O)C(C)(C)[C@@H]1CC3.CC(C)=CCC[C@@H](C)[C@H]1CC[C@@]2(C)C3=C(CC[C@]12C)[C@@]1(C)CC[C@H](O)C(C)(C)[C@@H]1CC3.CC(C)=CCC[C@@H](C)[C@H]1CC[C@@]2(C)C3=C(CC[C@]12C)[C@@]1(C)CC[C@H](O)C(C)(C)[C@@H]1CC3. The summed E-state index contributed by atoms with van der Waals surface area (Å²) in [6.07, 6.45) is 45.5. The summed E-state index contributed by atoms with van der Waals surface area (Å²) in [5.74, 6) is 6.97. The van der Waals surface area contributed by atoms with Crippen molar-refractivity contribution in [3.63, 3.8) is 0 Å². The Morgan fingerprint density at radius 3 is 0.785 bits per heavy atom. The Kier molecular flexibility index (Phi) is 20.7. The van der Waals surface area contributed by atoms with Crippen molar-refractivity contribution in [1.29, 1.82) is 0 Å². The lowest BCUT2D eigenvalue weighted by atomic mass is 9.43. The van der Waals surface area contributed by atoms with Crippen LogP contribution in [0.25, 0.3) is 0 Å². The monoisotopic (exact) mass is 1280 g/mol. The average Bonchev–Trinajstić information content (AvgIpc) is 1.69. The van der Waals surface area contributed by atoms with Crippen LogP contribution in [0.4, 0.5) is 0 Å². The van der Waals surface area contributed by atoms with Crippen LogP contribution in [0.2, 0.25) is 0 Å². The Hall–Kier alpha value is -1.68. The van der Waals surface area contributed by atoms with Crippen LogP contribution in [-0.4, -0.2) is 33.6 Å². The highest BCUT2D eigenvalue weighted by molar-refractivity contribution is 5.42. The second-order valence-electron chi connectivity index (χ2n) is 40.7. The quantitative estimate of drug-likeness (QED) is 0.171. The lowest BCUT2D eigenvalue weighted by molar-refractivity contribution is -0.0962. The zero-order chi connectivity index (χ0) is 68.5. The van der Waals surface area contributed by atoms with Crippen molar-refractivity contribution >= 4 is 0 Å². The molecule has 0 amide bonds. The van der Waals surface area contributed by atoms with Crippen molar-refractivity contribution in [1.82, 2.24) is 0 Å². The van der Waals surface area contributed by atoms with Gasteiger partial charge >= 0.3 is 0 Å². The van der Waals surface area contributed by atoms with E-state index in [0.29, 0.717) is 66.5 Å². The summed E-state index contributed by atoms with van der Waals surface area (Å²) in [5.41, 5.74) is 19.2. The first-order valence-electron chi connectivity index (χ1n) is 40.3. The Balaban J connectivity index is 0.000000153. The minimum atomic E-state index is -0.130. The Labute approximate surface area is 575 Å². The van der Waals surface area contributed by atoms with Crippen molar-refractivity contribution < 1.29 is 15.3 Å². The van der Waals surface area contributed by atoms with Crippen molar-refractivity contribution in [2.75, 3.05) is 0 Å².